The van der Waals surface area contributed by atoms with Crippen molar-refractivity contribution in [1.29, 1.82) is 0 Å². The maximum absolute atomic E-state index is 6.55. The van der Waals surface area contributed by atoms with Gasteiger partial charge < -0.3 is 8.98 Å². The maximum Gasteiger partial charge on any atom is 0.180 e. The summed E-state index contributed by atoms with van der Waals surface area (Å²) >= 11 is 0. The molecular weight excluding hydrogens is 562 g/mol. The Labute approximate surface area is 266 Å². The lowest BCUT2D eigenvalue weighted by atomic mass is 9.86. The molecular formula is C42H31N3O. The highest BCUT2D eigenvalue weighted by Crippen LogP contribution is 2.39. The van der Waals surface area contributed by atoms with Crippen molar-refractivity contribution in [3.8, 4) is 28.1 Å². The lowest BCUT2D eigenvalue weighted by molar-refractivity contribution is 0.591. The second-order valence-corrected chi connectivity index (χ2v) is 13.1. The molecule has 0 saturated heterocycles. The fourth-order valence-electron chi connectivity index (χ4n) is 6.90. The van der Waals surface area contributed by atoms with Crippen LogP contribution >= 0.6 is 0 Å². The van der Waals surface area contributed by atoms with Gasteiger partial charge in [0, 0.05) is 32.8 Å². The van der Waals surface area contributed by atoms with Gasteiger partial charge in [0.25, 0.3) is 0 Å². The van der Waals surface area contributed by atoms with Crippen LogP contribution in [0, 0.1) is 0 Å². The van der Waals surface area contributed by atoms with Crippen LogP contribution in [0.2, 0.25) is 0 Å². The molecule has 0 aliphatic rings. The van der Waals surface area contributed by atoms with Gasteiger partial charge in [-0.1, -0.05) is 106 Å². The van der Waals surface area contributed by atoms with Crippen LogP contribution in [-0.2, 0) is 5.41 Å². The Kier molecular flexibility index (Phi) is 5.72. The molecule has 9 rings (SSSR count). The number of rotatable bonds is 3. The van der Waals surface area contributed by atoms with Gasteiger partial charge in [-0.2, -0.15) is 0 Å². The number of para-hydroxylation sites is 1. The maximum atomic E-state index is 6.55. The van der Waals surface area contributed by atoms with Gasteiger partial charge in [0.15, 0.2) is 5.58 Å². The van der Waals surface area contributed by atoms with Crippen molar-refractivity contribution in [3.05, 3.63) is 139 Å². The standard InChI is InChI=1S/C42H31N3O/c1-42(2,3)30-19-21-37-35(24-30)33-16-6-7-17-36(33)45(37)31-14-9-12-28(23-31)27-11-8-13-29(22-27)38-41-39(44-25-43-38)34-20-18-26-10-4-5-15-32(26)40(34)46-41/h4-25H,1-3H3. The van der Waals surface area contributed by atoms with Gasteiger partial charge in [-0.05, 0) is 70.0 Å². The number of aromatic nitrogens is 3. The highest BCUT2D eigenvalue weighted by molar-refractivity contribution is 6.15. The monoisotopic (exact) mass is 593 g/mol. The predicted molar refractivity (Wildman–Crippen MR) is 191 cm³/mol. The second-order valence-electron chi connectivity index (χ2n) is 13.1. The summed E-state index contributed by atoms with van der Waals surface area (Å²) in [4.78, 5) is 9.37. The average Bonchev–Trinajstić information content (AvgIpc) is 3.64. The van der Waals surface area contributed by atoms with E-state index in [0.717, 1.165) is 55.3 Å². The van der Waals surface area contributed by atoms with Gasteiger partial charge in [0.2, 0.25) is 0 Å². The Morgan fingerprint density at radius 3 is 2.15 bits per heavy atom. The van der Waals surface area contributed by atoms with Crippen LogP contribution in [0.3, 0.4) is 0 Å². The molecule has 0 saturated carbocycles. The summed E-state index contributed by atoms with van der Waals surface area (Å²) < 4.78 is 8.93. The molecule has 3 heterocycles. The van der Waals surface area contributed by atoms with Gasteiger partial charge in [0.05, 0.1) is 11.0 Å². The van der Waals surface area contributed by atoms with Crippen LogP contribution < -0.4 is 0 Å². The van der Waals surface area contributed by atoms with Crippen molar-refractivity contribution in [2.75, 3.05) is 0 Å². The molecule has 4 heteroatoms. The molecule has 0 bridgehead atoms. The second kappa shape index (κ2) is 9.88. The molecule has 220 valence electrons. The van der Waals surface area contributed by atoms with Crippen molar-refractivity contribution < 1.29 is 4.42 Å². The van der Waals surface area contributed by atoms with Crippen LogP contribution in [0.25, 0.3) is 82.7 Å². The molecule has 46 heavy (non-hydrogen) atoms. The molecule has 0 aliphatic heterocycles. The summed E-state index contributed by atoms with van der Waals surface area (Å²) in [6.45, 7) is 6.81. The molecule has 9 aromatic rings. The van der Waals surface area contributed by atoms with E-state index < -0.39 is 0 Å². The molecule has 0 spiro atoms. The first-order chi connectivity index (χ1) is 22.4. The molecule has 0 radical (unpaired) electrons. The highest BCUT2D eigenvalue weighted by atomic mass is 16.3. The summed E-state index contributed by atoms with van der Waals surface area (Å²) in [5, 5.41) is 5.77. The number of fused-ring (bicyclic) bond motifs is 8. The quantitative estimate of drug-likeness (QED) is 0.205. The van der Waals surface area contributed by atoms with Gasteiger partial charge in [-0.25, -0.2) is 9.97 Å². The first-order valence-corrected chi connectivity index (χ1v) is 15.7. The predicted octanol–water partition coefficient (Wildman–Crippen LogP) is 11.3. The van der Waals surface area contributed by atoms with Crippen LogP contribution in [0.4, 0.5) is 0 Å². The molecule has 0 amide bonds. The smallest absolute Gasteiger partial charge is 0.180 e. The Balaban J connectivity index is 1.18. The molecule has 0 unspecified atom stereocenters. The number of nitrogens with zero attached hydrogens (tertiary/aromatic N) is 3. The zero-order valence-electron chi connectivity index (χ0n) is 26.0. The van der Waals surface area contributed by atoms with E-state index in [9.17, 15) is 0 Å². The van der Waals surface area contributed by atoms with Crippen molar-refractivity contribution in [1.82, 2.24) is 14.5 Å². The van der Waals surface area contributed by atoms with Crippen LogP contribution in [0.5, 0.6) is 0 Å². The molecule has 3 aromatic heterocycles. The average molecular weight is 594 g/mol. The van der Waals surface area contributed by atoms with E-state index in [0.29, 0.717) is 5.58 Å². The van der Waals surface area contributed by atoms with E-state index >= 15 is 0 Å². The zero-order valence-corrected chi connectivity index (χ0v) is 26.0. The summed E-state index contributed by atoms with van der Waals surface area (Å²) in [6, 6.07) is 45.5. The summed E-state index contributed by atoms with van der Waals surface area (Å²) in [5.74, 6) is 0. The fraction of sp³-hybridized carbons (Fsp3) is 0.0952. The normalized spacial score (nSPS) is 12.2. The van der Waals surface area contributed by atoms with Crippen molar-refractivity contribution in [2.24, 2.45) is 0 Å². The highest BCUT2D eigenvalue weighted by Gasteiger charge is 2.19. The van der Waals surface area contributed by atoms with E-state index in [1.54, 1.807) is 6.33 Å². The van der Waals surface area contributed by atoms with E-state index in [1.807, 2.05) is 12.1 Å². The Morgan fingerprint density at radius 2 is 1.28 bits per heavy atom. The van der Waals surface area contributed by atoms with E-state index in [4.69, 9.17) is 9.40 Å². The molecule has 0 fully saturated rings. The van der Waals surface area contributed by atoms with E-state index in [1.165, 1.54) is 27.4 Å². The first-order valence-electron chi connectivity index (χ1n) is 15.7. The first kappa shape index (κ1) is 26.6. The molecule has 6 aromatic carbocycles. The Morgan fingerprint density at radius 1 is 0.543 bits per heavy atom. The van der Waals surface area contributed by atoms with Crippen LogP contribution in [0.1, 0.15) is 26.3 Å². The van der Waals surface area contributed by atoms with E-state index in [2.05, 4.69) is 146 Å². The number of hydrogen-bond acceptors (Lipinski definition) is 3. The fourth-order valence-corrected chi connectivity index (χ4v) is 6.90. The van der Waals surface area contributed by atoms with Crippen LogP contribution in [-0.4, -0.2) is 14.5 Å². The van der Waals surface area contributed by atoms with Crippen molar-refractivity contribution in [3.63, 3.8) is 0 Å². The summed E-state index contributed by atoms with van der Waals surface area (Å²) in [5.41, 5.74) is 11.4. The number of benzene rings is 6. The van der Waals surface area contributed by atoms with E-state index in [-0.39, 0.29) is 5.41 Å². The minimum Gasteiger partial charge on any atom is -0.451 e. The zero-order chi connectivity index (χ0) is 31.0. The molecule has 4 nitrogen and oxygen atoms in total. The lowest BCUT2D eigenvalue weighted by Gasteiger charge is -2.19. The van der Waals surface area contributed by atoms with Crippen molar-refractivity contribution in [2.45, 2.75) is 26.2 Å². The Hall–Kier alpha value is -5.74. The number of furan rings is 1. The Bertz CT molecular complexity index is 2630. The molecule has 0 atom stereocenters. The van der Waals surface area contributed by atoms with Gasteiger partial charge in [-0.3, -0.25) is 0 Å². The minimum absolute atomic E-state index is 0.0771. The topological polar surface area (TPSA) is 43.9 Å². The van der Waals surface area contributed by atoms with Gasteiger partial charge in [0.1, 0.15) is 23.1 Å². The lowest BCUT2D eigenvalue weighted by Crippen LogP contribution is -2.10. The summed E-state index contributed by atoms with van der Waals surface area (Å²) in [7, 11) is 0. The van der Waals surface area contributed by atoms with Crippen LogP contribution in [0.15, 0.2) is 138 Å². The van der Waals surface area contributed by atoms with Crippen molar-refractivity contribution >= 4 is 54.6 Å². The molecule has 0 N–H and O–H groups in total. The minimum atomic E-state index is 0.0771. The van der Waals surface area contributed by atoms with Gasteiger partial charge >= 0.3 is 0 Å². The molecule has 0 aliphatic carbocycles. The third-order valence-electron chi connectivity index (χ3n) is 9.25. The number of hydrogen-bond donors (Lipinski definition) is 0. The third kappa shape index (κ3) is 4.07. The van der Waals surface area contributed by atoms with Gasteiger partial charge in [-0.15, -0.1) is 0 Å². The largest absolute Gasteiger partial charge is 0.451 e. The summed E-state index contributed by atoms with van der Waals surface area (Å²) in [6.07, 6.45) is 1.64. The third-order valence-corrected chi connectivity index (χ3v) is 9.25. The SMILES string of the molecule is CC(C)(C)c1ccc2c(c1)c1ccccc1n2-c1cccc(-c2cccc(-c3ncnc4c3oc3c5ccccc5ccc43)c2)c1.